The fourth-order valence-electron chi connectivity index (χ4n) is 3.68. The molecule has 29 heavy (non-hydrogen) atoms. The quantitative estimate of drug-likeness (QED) is 0.727. The summed E-state index contributed by atoms with van der Waals surface area (Å²) in [5.74, 6) is -0.350. The van der Waals surface area contributed by atoms with Crippen molar-refractivity contribution in [2.24, 2.45) is 0 Å². The molecule has 154 valence electrons. The molecule has 2 aromatic rings. The van der Waals surface area contributed by atoms with Crippen molar-refractivity contribution in [1.29, 1.82) is 0 Å². The lowest BCUT2D eigenvalue weighted by molar-refractivity contribution is -0.148. The normalized spacial score (nSPS) is 21.3. The Hall–Kier alpha value is -2.73. The molecule has 1 amide bonds. The Kier molecular flexibility index (Phi) is 6.64. The van der Waals surface area contributed by atoms with Gasteiger partial charge in [-0.05, 0) is 43.2 Å². The molecule has 7 heteroatoms. The monoisotopic (exact) mass is 416 g/mol. The Morgan fingerprint density at radius 1 is 1.17 bits per heavy atom. The summed E-state index contributed by atoms with van der Waals surface area (Å²) < 4.78 is 10.5. The molecular weight excluding hydrogens is 392 g/mol. The molecule has 1 aliphatic heterocycles. The van der Waals surface area contributed by atoms with Crippen LogP contribution < -0.4 is 5.32 Å². The Morgan fingerprint density at radius 3 is 2.48 bits per heavy atom. The predicted molar refractivity (Wildman–Crippen MR) is 112 cm³/mol. The largest absolute Gasteiger partial charge is 0.467 e. The van der Waals surface area contributed by atoms with Crippen LogP contribution >= 0.6 is 11.6 Å². The molecule has 6 nitrogen and oxygen atoms in total. The molecule has 1 aliphatic rings. The number of halogens is 1. The zero-order valence-corrected chi connectivity index (χ0v) is 17.3. The van der Waals surface area contributed by atoms with E-state index in [1.807, 2.05) is 49.4 Å². The van der Waals surface area contributed by atoms with Crippen molar-refractivity contribution in [1.82, 2.24) is 4.90 Å². The lowest BCUT2D eigenvalue weighted by Crippen LogP contribution is -2.59. The van der Waals surface area contributed by atoms with Crippen LogP contribution in [0.3, 0.4) is 0 Å². The Morgan fingerprint density at radius 2 is 1.86 bits per heavy atom. The van der Waals surface area contributed by atoms with E-state index in [1.165, 1.54) is 7.11 Å². The maximum atomic E-state index is 12.6. The molecule has 2 aromatic carbocycles. The van der Waals surface area contributed by atoms with E-state index in [2.05, 4.69) is 5.32 Å². The minimum Gasteiger partial charge on any atom is -0.467 e. The van der Waals surface area contributed by atoms with E-state index in [4.69, 9.17) is 21.1 Å². The number of carbonyl (C=O) groups excluding carboxylic acids is 2. The van der Waals surface area contributed by atoms with E-state index < -0.39 is 5.54 Å². The number of anilines is 1. The number of piperidine rings is 1. The van der Waals surface area contributed by atoms with E-state index in [1.54, 1.807) is 17.0 Å². The van der Waals surface area contributed by atoms with Crippen molar-refractivity contribution in [2.45, 2.75) is 38.0 Å². The number of ether oxygens (including phenoxy) is 2. The smallest absolute Gasteiger partial charge is 0.410 e. The molecule has 1 fully saturated rings. The van der Waals surface area contributed by atoms with E-state index in [-0.39, 0.29) is 24.7 Å². The number of hydrogen-bond donors (Lipinski definition) is 1. The third-order valence-corrected chi connectivity index (χ3v) is 5.45. The highest BCUT2D eigenvalue weighted by atomic mass is 35.5. The van der Waals surface area contributed by atoms with Gasteiger partial charge in [0, 0.05) is 29.7 Å². The summed E-state index contributed by atoms with van der Waals surface area (Å²) in [6, 6.07) is 16.5. The topological polar surface area (TPSA) is 67.9 Å². The van der Waals surface area contributed by atoms with Crippen molar-refractivity contribution >= 4 is 29.4 Å². The highest BCUT2D eigenvalue weighted by Crippen LogP contribution is 2.32. The van der Waals surface area contributed by atoms with Gasteiger partial charge in [0.15, 0.2) is 0 Å². The predicted octanol–water partition coefficient (Wildman–Crippen LogP) is 4.48. The number of amides is 1. The highest BCUT2D eigenvalue weighted by molar-refractivity contribution is 6.30. The molecule has 0 spiro atoms. The molecule has 0 unspecified atom stereocenters. The Balaban J connectivity index is 1.67. The minimum absolute atomic E-state index is 0.203. The number of nitrogens with one attached hydrogen (secondary N) is 1. The molecule has 0 radical (unpaired) electrons. The van der Waals surface area contributed by atoms with Crippen LogP contribution in [0.25, 0.3) is 0 Å². The average molecular weight is 417 g/mol. The summed E-state index contributed by atoms with van der Waals surface area (Å²) in [5.41, 5.74) is 0.781. The standard InChI is InChI=1S/C22H25ClN2O4/c1-16-14-22(20(26)28-2,24-19-10-8-18(23)9-11-19)12-13-25(16)21(27)29-15-17-6-4-3-5-7-17/h3-11,16,24H,12-15H2,1-2H3/t16-,22-/m0/s1. The van der Waals surface area contributed by atoms with Crippen LogP contribution in [-0.4, -0.2) is 42.2 Å². The lowest BCUT2D eigenvalue weighted by atomic mass is 9.83. The first kappa shape index (κ1) is 21.0. The van der Waals surface area contributed by atoms with E-state index >= 15 is 0 Å². The van der Waals surface area contributed by atoms with Crippen LogP contribution in [0.4, 0.5) is 10.5 Å². The molecule has 0 bridgehead atoms. The maximum Gasteiger partial charge on any atom is 0.410 e. The van der Waals surface area contributed by atoms with Crippen molar-refractivity contribution in [2.75, 3.05) is 19.0 Å². The zero-order valence-electron chi connectivity index (χ0n) is 16.6. The second kappa shape index (κ2) is 9.18. The van der Waals surface area contributed by atoms with Gasteiger partial charge >= 0.3 is 12.1 Å². The summed E-state index contributed by atoms with van der Waals surface area (Å²) in [7, 11) is 1.37. The van der Waals surface area contributed by atoms with Crippen LogP contribution in [0.15, 0.2) is 54.6 Å². The van der Waals surface area contributed by atoms with E-state index in [9.17, 15) is 9.59 Å². The SMILES string of the molecule is COC(=O)[C@]1(Nc2ccc(Cl)cc2)CCN(C(=O)OCc2ccccc2)[C@@H](C)C1. The van der Waals surface area contributed by atoms with Gasteiger partial charge in [-0.1, -0.05) is 41.9 Å². The fourth-order valence-corrected chi connectivity index (χ4v) is 3.80. The number of likely N-dealkylation sites (tertiary alicyclic amines) is 1. The number of rotatable bonds is 5. The second-order valence-corrected chi connectivity index (χ2v) is 7.68. The highest BCUT2D eigenvalue weighted by Gasteiger charge is 2.46. The number of benzene rings is 2. The summed E-state index contributed by atoms with van der Waals surface area (Å²) >= 11 is 5.95. The van der Waals surface area contributed by atoms with Gasteiger partial charge in [-0.15, -0.1) is 0 Å². The first-order valence-corrected chi connectivity index (χ1v) is 9.91. The van der Waals surface area contributed by atoms with Gasteiger partial charge in [0.25, 0.3) is 0 Å². The van der Waals surface area contributed by atoms with Gasteiger partial charge in [0.2, 0.25) is 0 Å². The van der Waals surface area contributed by atoms with Gasteiger partial charge in [0.1, 0.15) is 12.1 Å². The van der Waals surface area contributed by atoms with Gasteiger partial charge < -0.3 is 19.7 Å². The zero-order chi connectivity index (χ0) is 20.9. The maximum absolute atomic E-state index is 12.6. The van der Waals surface area contributed by atoms with Crippen molar-refractivity contribution in [3.05, 3.63) is 65.2 Å². The van der Waals surface area contributed by atoms with Crippen molar-refractivity contribution in [3.8, 4) is 0 Å². The van der Waals surface area contributed by atoms with Crippen LogP contribution in [0.2, 0.25) is 5.02 Å². The molecule has 1 saturated heterocycles. The fraction of sp³-hybridized carbons (Fsp3) is 0.364. The van der Waals surface area contributed by atoms with Crippen LogP contribution in [0.1, 0.15) is 25.3 Å². The lowest BCUT2D eigenvalue weighted by Gasteiger charge is -2.44. The molecule has 1 heterocycles. The van der Waals surface area contributed by atoms with E-state index in [0.29, 0.717) is 24.4 Å². The van der Waals surface area contributed by atoms with Gasteiger partial charge in [-0.3, -0.25) is 0 Å². The molecule has 2 atom stereocenters. The average Bonchev–Trinajstić information content (AvgIpc) is 2.74. The first-order valence-electron chi connectivity index (χ1n) is 9.53. The number of methoxy groups -OCH3 is 1. The van der Waals surface area contributed by atoms with Crippen molar-refractivity contribution in [3.63, 3.8) is 0 Å². The van der Waals surface area contributed by atoms with Gasteiger partial charge in [0.05, 0.1) is 7.11 Å². The van der Waals surface area contributed by atoms with Crippen LogP contribution in [0, 0.1) is 0 Å². The Labute approximate surface area is 175 Å². The summed E-state index contributed by atoms with van der Waals surface area (Å²) in [6.07, 6.45) is 0.432. The summed E-state index contributed by atoms with van der Waals surface area (Å²) in [5, 5.41) is 3.93. The molecule has 1 N–H and O–H groups in total. The van der Waals surface area contributed by atoms with Crippen molar-refractivity contribution < 1.29 is 19.1 Å². The number of nitrogens with zero attached hydrogens (tertiary/aromatic N) is 1. The molecule has 3 rings (SSSR count). The third kappa shape index (κ3) is 5.01. The second-order valence-electron chi connectivity index (χ2n) is 7.24. The van der Waals surface area contributed by atoms with Gasteiger partial charge in [-0.25, -0.2) is 9.59 Å². The van der Waals surface area contributed by atoms with Crippen LogP contribution in [-0.2, 0) is 20.9 Å². The minimum atomic E-state index is -0.918. The summed E-state index contributed by atoms with van der Waals surface area (Å²) in [6.45, 7) is 2.50. The third-order valence-electron chi connectivity index (χ3n) is 5.20. The van der Waals surface area contributed by atoms with Gasteiger partial charge in [-0.2, -0.15) is 0 Å². The van der Waals surface area contributed by atoms with E-state index in [0.717, 1.165) is 11.3 Å². The molecular formula is C22H25ClN2O4. The number of carbonyl (C=O) groups is 2. The van der Waals surface area contributed by atoms with Crippen LogP contribution in [0.5, 0.6) is 0 Å². The molecule has 0 aromatic heterocycles. The number of esters is 1. The summed E-state index contributed by atoms with van der Waals surface area (Å²) in [4.78, 5) is 26.9. The molecule has 0 aliphatic carbocycles. The first-order chi connectivity index (χ1) is 13.9. The molecule has 0 saturated carbocycles. The number of hydrogen-bond acceptors (Lipinski definition) is 5. The Bertz CT molecular complexity index is 844.